The molecule has 0 amide bonds. The molecule has 1 aliphatic carbocycles. The van der Waals surface area contributed by atoms with Gasteiger partial charge in [-0.1, -0.05) is 48.6 Å². The van der Waals surface area contributed by atoms with Crippen molar-refractivity contribution in [2.45, 2.75) is 30.6 Å². The molecule has 0 spiro atoms. The van der Waals surface area contributed by atoms with Gasteiger partial charge in [-0.15, -0.1) is 11.6 Å². The maximum Gasteiger partial charge on any atom is 0.0735 e. The number of nitrogens with zero attached hydrogens (tertiary/aromatic N) is 1. The van der Waals surface area contributed by atoms with Crippen LogP contribution in [0.5, 0.6) is 0 Å². The molecule has 1 atom stereocenters. The average Bonchev–Trinajstić information content (AvgIpc) is 2.40. The second-order valence-corrected chi connectivity index (χ2v) is 5.28. The van der Waals surface area contributed by atoms with Gasteiger partial charge >= 0.3 is 0 Å². The van der Waals surface area contributed by atoms with Crippen LogP contribution in [0, 0.1) is 11.3 Å². The van der Waals surface area contributed by atoms with Crippen molar-refractivity contribution in [3.63, 3.8) is 0 Å². The molecule has 0 N–H and O–H groups in total. The van der Waals surface area contributed by atoms with Crippen molar-refractivity contribution in [1.82, 2.24) is 0 Å². The van der Waals surface area contributed by atoms with Crippen LogP contribution in [0.1, 0.15) is 31.2 Å². The standard InChI is InChI=1S/C16H16ClN/c17-16(12-6-7-13-18)11-5-4-10-15(16)14-8-2-1-3-9-14/h1-5,8-10H,6-7,11-12H2. The summed E-state index contributed by atoms with van der Waals surface area (Å²) in [5, 5.41) is 8.64. The SMILES string of the molecule is N#CCCCC1(Cl)CC=CC=C1c1ccccc1. The molecule has 0 aliphatic heterocycles. The van der Waals surface area contributed by atoms with Crippen molar-refractivity contribution in [1.29, 1.82) is 5.26 Å². The van der Waals surface area contributed by atoms with Crippen LogP contribution in [0.2, 0.25) is 0 Å². The van der Waals surface area contributed by atoms with Crippen LogP contribution >= 0.6 is 11.6 Å². The zero-order valence-electron chi connectivity index (χ0n) is 10.3. The third-order valence-electron chi connectivity index (χ3n) is 3.27. The van der Waals surface area contributed by atoms with Crippen LogP contribution < -0.4 is 0 Å². The number of hydrogen-bond acceptors (Lipinski definition) is 1. The van der Waals surface area contributed by atoms with E-state index in [1.54, 1.807) is 0 Å². The highest BCUT2D eigenvalue weighted by atomic mass is 35.5. The van der Waals surface area contributed by atoms with Crippen LogP contribution in [-0.4, -0.2) is 4.87 Å². The predicted molar refractivity (Wildman–Crippen MR) is 76.2 cm³/mol. The molecule has 0 aromatic heterocycles. The lowest BCUT2D eigenvalue weighted by Crippen LogP contribution is -2.24. The first kappa shape index (κ1) is 12.9. The maximum absolute atomic E-state index is 8.64. The number of alkyl halides is 1. The first-order chi connectivity index (χ1) is 8.76. The number of nitriles is 1. The summed E-state index contributed by atoms with van der Waals surface area (Å²) in [7, 11) is 0. The molecule has 1 aromatic rings. The summed E-state index contributed by atoms with van der Waals surface area (Å²) >= 11 is 6.78. The minimum absolute atomic E-state index is 0.354. The van der Waals surface area contributed by atoms with Crippen molar-refractivity contribution in [3.05, 3.63) is 54.1 Å². The number of halogens is 1. The third-order valence-corrected chi connectivity index (χ3v) is 3.82. The summed E-state index contributed by atoms with van der Waals surface area (Å²) in [5.41, 5.74) is 2.35. The van der Waals surface area contributed by atoms with E-state index in [1.807, 2.05) is 18.2 Å². The Morgan fingerprint density at radius 3 is 2.78 bits per heavy atom. The topological polar surface area (TPSA) is 23.8 Å². The van der Waals surface area contributed by atoms with E-state index in [0.29, 0.717) is 6.42 Å². The summed E-state index contributed by atoms with van der Waals surface area (Å²) in [5.74, 6) is 0. The molecular formula is C16H16ClN. The monoisotopic (exact) mass is 257 g/mol. The second-order valence-electron chi connectivity index (χ2n) is 4.56. The van der Waals surface area contributed by atoms with Crippen molar-refractivity contribution >= 4 is 17.2 Å². The van der Waals surface area contributed by atoms with Gasteiger partial charge in [-0.2, -0.15) is 5.26 Å². The Bertz CT molecular complexity index is 496. The fourth-order valence-electron chi connectivity index (χ4n) is 2.34. The van der Waals surface area contributed by atoms with Gasteiger partial charge in [0.15, 0.2) is 0 Å². The lowest BCUT2D eigenvalue weighted by Gasteiger charge is -2.31. The lowest BCUT2D eigenvalue weighted by atomic mass is 9.82. The average molecular weight is 258 g/mol. The molecule has 0 radical (unpaired) electrons. The Kier molecular flexibility index (Phi) is 4.23. The Morgan fingerprint density at radius 2 is 2.06 bits per heavy atom. The molecule has 1 aliphatic rings. The molecule has 18 heavy (non-hydrogen) atoms. The molecule has 0 heterocycles. The van der Waals surface area contributed by atoms with Crippen LogP contribution in [0.4, 0.5) is 0 Å². The van der Waals surface area contributed by atoms with Gasteiger partial charge in [0, 0.05) is 6.42 Å². The number of hydrogen-bond donors (Lipinski definition) is 0. The number of allylic oxidation sites excluding steroid dienone is 4. The van der Waals surface area contributed by atoms with E-state index >= 15 is 0 Å². The Morgan fingerprint density at radius 1 is 1.28 bits per heavy atom. The van der Waals surface area contributed by atoms with E-state index in [-0.39, 0.29) is 4.87 Å². The van der Waals surface area contributed by atoms with Crippen LogP contribution in [0.15, 0.2) is 48.6 Å². The molecular weight excluding hydrogens is 242 g/mol. The van der Waals surface area contributed by atoms with Crippen molar-refractivity contribution < 1.29 is 0 Å². The number of benzene rings is 1. The fraction of sp³-hybridized carbons (Fsp3) is 0.312. The van der Waals surface area contributed by atoms with E-state index < -0.39 is 0 Å². The highest BCUT2D eigenvalue weighted by Gasteiger charge is 2.32. The molecule has 0 saturated carbocycles. The molecule has 1 unspecified atom stereocenters. The first-order valence-corrected chi connectivity index (χ1v) is 6.63. The zero-order chi connectivity index (χ0) is 12.8. The Hall–Kier alpha value is -1.52. The van der Waals surface area contributed by atoms with E-state index in [4.69, 9.17) is 16.9 Å². The Labute approximate surface area is 113 Å². The fourth-order valence-corrected chi connectivity index (χ4v) is 2.73. The van der Waals surface area contributed by atoms with E-state index in [1.165, 1.54) is 11.1 Å². The smallest absolute Gasteiger partial charge is 0.0735 e. The van der Waals surface area contributed by atoms with Gasteiger partial charge < -0.3 is 0 Å². The molecule has 0 fully saturated rings. The summed E-state index contributed by atoms with van der Waals surface area (Å²) in [6.45, 7) is 0. The van der Waals surface area contributed by atoms with Crippen LogP contribution in [-0.2, 0) is 0 Å². The molecule has 92 valence electrons. The van der Waals surface area contributed by atoms with E-state index in [9.17, 15) is 0 Å². The molecule has 2 rings (SSSR count). The summed E-state index contributed by atoms with van der Waals surface area (Å²) in [4.78, 5) is -0.354. The van der Waals surface area contributed by atoms with Crippen LogP contribution in [0.3, 0.4) is 0 Å². The minimum atomic E-state index is -0.354. The highest BCUT2D eigenvalue weighted by Crippen LogP contribution is 2.42. The molecule has 2 heteroatoms. The summed E-state index contributed by atoms with van der Waals surface area (Å²) < 4.78 is 0. The maximum atomic E-state index is 8.64. The Balaban J connectivity index is 2.23. The third kappa shape index (κ3) is 2.83. The van der Waals surface area contributed by atoms with Gasteiger partial charge in [0.2, 0.25) is 0 Å². The number of rotatable bonds is 4. The second kappa shape index (κ2) is 5.89. The van der Waals surface area contributed by atoms with Crippen molar-refractivity contribution in [2.75, 3.05) is 0 Å². The summed E-state index contributed by atoms with van der Waals surface area (Å²) in [6, 6.07) is 12.4. The molecule has 0 bridgehead atoms. The summed E-state index contributed by atoms with van der Waals surface area (Å²) in [6.07, 6.45) is 9.35. The van der Waals surface area contributed by atoms with Gasteiger partial charge in [-0.05, 0) is 30.4 Å². The number of unbranched alkanes of at least 4 members (excludes halogenated alkanes) is 1. The van der Waals surface area contributed by atoms with Gasteiger partial charge in [-0.3, -0.25) is 0 Å². The predicted octanol–water partition coefficient (Wildman–Crippen LogP) is 4.70. The normalized spacial score (nSPS) is 22.3. The van der Waals surface area contributed by atoms with Crippen LogP contribution in [0.25, 0.3) is 5.57 Å². The lowest BCUT2D eigenvalue weighted by molar-refractivity contribution is 0.618. The largest absolute Gasteiger partial charge is 0.198 e. The van der Waals surface area contributed by atoms with Crippen molar-refractivity contribution in [2.24, 2.45) is 0 Å². The molecule has 1 aromatic carbocycles. The van der Waals surface area contributed by atoms with Gasteiger partial charge in [0.25, 0.3) is 0 Å². The quantitative estimate of drug-likeness (QED) is 0.566. The highest BCUT2D eigenvalue weighted by molar-refractivity contribution is 6.30. The molecule has 0 saturated heterocycles. The van der Waals surface area contributed by atoms with Crippen molar-refractivity contribution in [3.8, 4) is 6.07 Å². The minimum Gasteiger partial charge on any atom is -0.198 e. The first-order valence-electron chi connectivity index (χ1n) is 6.25. The van der Waals surface area contributed by atoms with E-state index in [2.05, 4.69) is 36.4 Å². The van der Waals surface area contributed by atoms with Gasteiger partial charge in [-0.25, -0.2) is 0 Å². The van der Waals surface area contributed by atoms with E-state index in [0.717, 1.165) is 19.3 Å². The van der Waals surface area contributed by atoms with Gasteiger partial charge in [0.05, 0.1) is 10.9 Å². The van der Waals surface area contributed by atoms with Gasteiger partial charge in [0.1, 0.15) is 0 Å². The molecule has 1 nitrogen and oxygen atoms in total. The zero-order valence-corrected chi connectivity index (χ0v) is 11.0.